The number of anilines is 1. The van der Waals surface area contributed by atoms with Crippen molar-refractivity contribution in [3.63, 3.8) is 0 Å². The van der Waals surface area contributed by atoms with E-state index in [4.69, 9.17) is 4.42 Å². The molecule has 0 saturated heterocycles. The van der Waals surface area contributed by atoms with Crippen molar-refractivity contribution in [2.45, 2.75) is 10.6 Å². The summed E-state index contributed by atoms with van der Waals surface area (Å²) in [5.74, 6) is -0.867. The molecular weight excluding hydrogens is 328 g/mol. The smallest absolute Gasteiger partial charge is 0.291 e. The number of aromatic nitrogens is 1. The minimum atomic E-state index is -3.56. The monoisotopic (exact) mass is 342 g/mol. The van der Waals surface area contributed by atoms with E-state index in [1.165, 1.54) is 30.7 Å². The number of amides is 1. The fourth-order valence-electron chi connectivity index (χ4n) is 2.19. The minimum Gasteiger partial charge on any atom is -0.459 e. The van der Waals surface area contributed by atoms with Crippen molar-refractivity contribution in [1.29, 1.82) is 0 Å². The molecule has 0 fully saturated rings. The van der Waals surface area contributed by atoms with Crippen molar-refractivity contribution in [2.75, 3.05) is 5.32 Å². The van der Waals surface area contributed by atoms with Crippen LogP contribution in [0.25, 0.3) is 0 Å². The van der Waals surface area contributed by atoms with Crippen molar-refractivity contribution < 1.29 is 17.6 Å². The molecule has 0 spiro atoms. The second-order valence-electron chi connectivity index (χ2n) is 5.04. The molecule has 0 unspecified atom stereocenters. The third-order valence-electron chi connectivity index (χ3n) is 3.32. The van der Waals surface area contributed by atoms with Gasteiger partial charge < -0.3 is 9.73 Å². The second-order valence-corrected chi connectivity index (χ2v) is 7.03. The quantitative estimate of drug-likeness (QED) is 0.770. The van der Waals surface area contributed by atoms with E-state index in [0.29, 0.717) is 11.3 Å². The number of carbonyl (C=O) groups excluding carboxylic acids is 1. The maximum atomic E-state index is 12.4. The van der Waals surface area contributed by atoms with E-state index < -0.39 is 15.7 Å². The van der Waals surface area contributed by atoms with Gasteiger partial charge in [-0.1, -0.05) is 18.2 Å². The van der Waals surface area contributed by atoms with E-state index in [-0.39, 0.29) is 16.4 Å². The van der Waals surface area contributed by atoms with Gasteiger partial charge in [0.15, 0.2) is 15.6 Å². The summed E-state index contributed by atoms with van der Waals surface area (Å²) in [5.41, 5.74) is 0.802. The minimum absolute atomic E-state index is 0.0293. The lowest BCUT2D eigenvalue weighted by Crippen LogP contribution is -2.14. The molecule has 6 nitrogen and oxygen atoms in total. The highest BCUT2D eigenvalue weighted by Crippen LogP contribution is 2.20. The zero-order valence-electron chi connectivity index (χ0n) is 12.5. The van der Waals surface area contributed by atoms with Crippen LogP contribution in [0.1, 0.15) is 16.1 Å². The number of rotatable bonds is 5. The fourth-order valence-corrected chi connectivity index (χ4v) is 3.56. The molecule has 3 aromatic rings. The van der Waals surface area contributed by atoms with Crippen molar-refractivity contribution in [1.82, 2.24) is 4.98 Å². The molecule has 1 aromatic carbocycles. The molecule has 0 aliphatic heterocycles. The summed E-state index contributed by atoms with van der Waals surface area (Å²) < 4.78 is 30.1. The first-order valence-corrected chi connectivity index (χ1v) is 8.77. The van der Waals surface area contributed by atoms with Crippen LogP contribution < -0.4 is 5.32 Å². The topological polar surface area (TPSA) is 89.3 Å². The number of nitrogens with zero attached hydrogens (tertiary/aromatic N) is 1. The highest BCUT2D eigenvalue weighted by molar-refractivity contribution is 7.90. The first-order valence-electron chi connectivity index (χ1n) is 7.12. The molecule has 24 heavy (non-hydrogen) atoms. The zero-order chi connectivity index (χ0) is 17.0. The van der Waals surface area contributed by atoms with Crippen molar-refractivity contribution in [2.24, 2.45) is 0 Å². The third kappa shape index (κ3) is 3.52. The van der Waals surface area contributed by atoms with Crippen LogP contribution in [0.5, 0.6) is 0 Å². The second kappa shape index (κ2) is 6.67. The molecule has 0 radical (unpaired) electrons. The standard InChI is InChI=1S/C17H14N2O4S/c20-17(19-14-5-4-9-18-11-14)16-13(8-10-23-16)12-24(21,22)15-6-2-1-3-7-15/h1-11H,12H2,(H,19,20). The van der Waals surface area contributed by atoms with Crippen LogP contribution in [0.3, 0.4) is 0 Å². The summed E-state index contributed by atoms with van der Waals surface area (Å²) in [6.07, 6.45) is 4.37. The Balaban J connectivity index is 1.82. The van der Waals surface area contributed by atoms with Gasteiger partial charge in [0.2, 0.25) is 0 Å². The summed E-state index contributed by atoms with van der Waals surface area (Å²) in [6.45, 7) is 0. The van der Waals surface area contributed by atoms with Gasteiger partial charge in [-0.3, -0.25) is 9.78 Å². The largest absolute Gasteiger partial charge is 0.459 e. The van der Waals surface area contributed by atoms with E-state index in [9.17, 15) is 13.2 Å². The van der Waals surface area contributed by atoms with Gasteiger partial charge in [-0.25, -0.2) is 8.42 Å². The maximum absolute atomic E-state index is 12.4. The summed E-state index contributed by atoms with van der Waals surface area (Å²) in [5, 5.41) is 2.62. The number of sulfone groups is 1. The molecule has 0 bridgehead atoms. The van der Waals surface area contributed by atoms with E-state index in [0.717, 1.165) is 0 Å². The summed E-state index contributed by atoms with van der Waals surface area (Å²) in [4.78, 5) is 16.4. The van der Waals surface area contributed by atoms with Crippen LogP contribution in [0.2, 0.25) is 0 Å². The Hall–Kier alpha value is -2.93. The predicted molar refractivity (Wildman–Crippen MR) is 88.2 cm³/mol. The van der Waals surface area contributed by atoms with Crippen LogP contribution in [0, 0.1) is 0 Å². The van der Waals surface area contributed by atoms with E-state index in [1.807, 2.05) is 0 Å². The van der Waals surface area contributed by atoms with Crippen molar-refractivity contribution in [3.8, 4) is 0 Å². The summed E-state index contributed by atoms with van der Waals surface area (Å²) in [7, 11) is -3.56. The number of hydrogen-bond acceptors (Lipinski definition) is 5. The maximum Gasteiger partial charge on any atom is 0.291 e. The molecule has 7 heteroatoms. The molecule has 2 heterocycles. The molecule has 0 aliphatic rings. The molecule has 0 aliphatic carbocycles. The average Bonchev–Trinajstić information content (AvgIpc) is 3.04. The number of furan rings is 1. The Morgan fingerprint density at radius 1 is 1.08 bits per heavy atom. The number of carbonyl (C=O) groups is 1. The Morgan fingerprint density at radius 3 is 2.58 bits per heavy atom. The lowest BCUT2D eigenvalue weighted by Gasteiger charge is -2.06. The van der Waals surface area contributed by atoms with Gasteiger partial charge in [0.25, 0.3) is 5.91 Å². The molecule has 0 saturated carbocycles. The molecule has 1 N–H and O–H groups in total. The number of hydrogen-bond donors (Lipinski definition) is 1. The van der Waals surface area contributed by atoms with E-state index in [2.05, 4.69) is 10.3 Å². The summed E-state index contributed by atoms with van der Waals surface area (Å²) >= 11 is 0. The normalized spacial score (nSPS) is 11.2. The first-order chi connectivity index (χ1) is 11.6. The highest BCUT2D eigenvalue weighted by Gasteiger charge is 2.22. The highest BCUT2D eigenvalue weighted by atomic mass is 32.2. The van der Waals surface area contributed by atoms with Gasteiger partial charge in [0, 0.05) is 11.8 Å². The van der Waals surface area contributed by atoms with Gasteiger partial charge in [-0.15, -0.1) is 0 Å². The Labute approximate surface area is 139 Å². The summed E-state index contributed by atoms with van der Waals surface area (Å²) in [6, 6.07) is 12.9. The molecule has 2 aromatic heterocycles. The number of pyridine rings is 1. The molecule has 1 amide bonds. The van der Waals surface area contributed by atoms with E-state index in [1.54, 1.807) is 36.5 Å². The molecule has 0 atom stereocenters. The Bertz CT molecular complexity index is 935. The number of nitrogens with one attached hydrogen (secondary N) is 1. The van der Waals surface area contributed by atoms with Gasteiger partial charge in [0.1, 0.15) is 0 Å². The van der Waals surface area contributed by atoms with Gasteiger partial charge in [0.05, 0.1) is 28.8 Å². The van der Waals surface area contributed by atoms with Crippen LogP contribution in [0.4, 0.5) is 5.69 Å². The lowest BCUT2D eigenvalue weighted by atomic mass is 10.2. The fraction of sp³-hybridized carbons (Fsp3) is 0.0588. The SMILES string of the molecule is O=C(Nc1cccnc1)c1occc1CS(=O)(=O)c1ccccc1. The first kappa shape index (κ1) is 15.9. The van der Waals surface area contributed by atoms with Crippen LogP contribution in [-0.4, -0.2) is 19.3 Å². The lowest BCUT2D eigenvalue weighted by molar-refractivity contribution is 0.0995. The van der Waals surface area contributed by atoms with Gasteiger partial charge in [-0.05, 0) is 30.3 Å². The number of benzene rings is 1. The van der Waals surface area contributed by atoms with Crippen molar-refractivity contribution in [3.05, 3.63) is 78.5 Å². The van der Waals surface area contributed by atoms with Crippen LogP contribution >= 0.6 is 0 Å². The van der Waals surface area contributed by atoms with Gasteiger partial charge >= 0.3 is 0 Å². The van der Waals surface area contributed by atoms with E-state index >= 15 is 0 Å². The zero-order valence-corrected chi connectivity index (χ0v) is 13.4. The van der Waals surface area contributed by atoms with Crippen LogP contribution in [-0.2, 0) is 15.6 Å². The molecule has 122 valence electrons. The average molecular weight is 342 g/mol. The van der Waals surface area contributed by atoms with Crippen molar-refractivity contribution >= 4 is 21.4 Å². The van der Waals surface area contributed by atoms with Crippen LogP contribution in [0.15, 0.2) is 76.5 Å². The van der Waals surface area contributed by atoms with Gasteiger partial charge in [-0.2, -0.15) is 0 Å². The predicted octanol–water partition coefficient (Wildman–Crippen LogP) is 2.90. The Morgan fingerprint density at radius 2 is 1.88 bits per heavy atom. The molecular formula is C17H14N2O4S. The Kier molecular flexibility index (Phi) is 4.43. The molecule has 3 rings (SSSR count). The third-order valence-corrected chi connectivity index (χ3v) is 5.00.